The van der Waals surface area contributed by atoms with E-state index in [1.54, 1.807) is 0 Å². The van der Waals surface area contributed by atoms with Crippen LogP contribution < -0.4 is 5.32 Å². The minimum absolute atomic E-state index is 0.679. The van der Waals surface area contributed by atoms with Gasteiger partial charge in [0.1, 0.15) is 0 Å². The van der Waals surface area contributed by atoms with Crippen molar-refractivity contribution in [2.75, 3.05) is 7.05 Å². The monoisotopic (exact) mass is 287 g/mol. The second-order valence-corrected chi connectivity index (χ2v) is 6.29. The second-order valence-electron chi connectivity index (χ2n) is 4.38. The number of rotatable bonds is 4. The molecule has 1 heterocycles. The van der Waals surface area contributed by atoms with Crippen LogP contribution in [0, 0.1) is 5.92 Å². The van der Waals surface area contributed by atoms with Gasteiger partial charge in [-0.3, -0.25) is 0 Å². The zero-order valence-corrected chi connectivity index (χ0v) is 11.5. The average Bonchev–Trinajstić information content (AvgIpc) is 2.85. The smallest absolute Gasteiger partial charge is 0.0285 e. The van der Waals surface area contributed by atoms with Gasteiger partial charge in [-0.05, 0) is 54.2 Å². The minimum Gasteiger partial charge on any atom is -0.316 e. The third-order valence-electron chi connectivity index (χ3n) is 3.38. The molecule has 1 nitrogen and oxygen atoms in total. The molecule has 1 atom stereocenters. The second kappa shape index (κ2) is 5.46. The summed E-state index contributed by atoms with van der Waals surface area (Å²) in [4.78, 5) is 1.49. The maximum absolute atomic E-state index is 3.52. The molecule has 1 aromatic heterocycles. The lowest BCUT2D eigenvalue weighted by molar-refractivity contribution is 0.379. The Bertz CT molecular complexity index is 304. The molecule has 0 amide bonds. The highest BCUT2D eigenvalue weighted by atomic mass is 79.9. The average molecular weight is 288 g/mol. The van der Waals surface area contributed by atoms with Crippen molar-refractivity contribution in [2.24, 2.45) is 5.92 Å². The summed E-state index contributed by atoms with van der Waals surface area (Å²) >= 11 is 5.38. The zero-order valence-electron chi connectivity index (χ0n) is 9.13. The van der Waals surface area contributed by atoms with Gasteiger partial charge in [-0.2, -0.15) is 0 Å². The summed E-state index contributed by atoms with van der Waals surface area (Å²) in [6.07, 6.45) is 6.88. The molecular formula is C12H18BrNS. The highest BCUT2D eigenvalue weighted by Crippen LogP contribution is 2.30. The Morgan fingerprint density at radius 3 is 2.80 bits per heavy atom. The van der Waals surface area contributed by atoms with Crippen molar-refractivity contribution in [3.8, 4) is 0 Å². The van der Waals surface area contributed by atoms with Crippen LogP contribution in [0.3, 0.4) is 0 Å². The summed E-state index contributed by atoms with van der Waals surface area (Å²) in [6, 6.07) is 2.93. The van der Waals surface area contributed by atoms with Crippen molar-refractivity contribution < 1.29 is 0 Å². The van der Waals surface area contributed by atoms with Crippen LogP contribution in [0.15, 0.2) is 15.9 Å². The number of hydrogen-bond donors (Lipinski definition) is 1. The van der Waals surface area contributed by atoms with Gasteiger partial charge in [0.15, 0.2) is 0 Å². The maximum Gasteiger partial charge on any atom is 0.0285 e. The molecule has 0 aliphatic heterocycles. The van der Waals surface area contributed by atoms with Crippen molar-refractivity contribution in [3.63, 3.8) is 0 Å². The lowest BCUT2D eigenvalue weighted by Gasteiger charge is -2.22. The fourth-order valence-electron chi connectivity index (χ4n) is 2.54. The zero-order chi connectivity index (χ0) is 10.7. The summed E-state index contributed by atoms with van der Waals surface area (Å²) in [5.41, 5.74) is 0. The summed E-state index contributed by atoms with van der Waals surface area (Å²) in [7, 11) is 2.10. The first-order chi connectivity index (χ1) is 7.29. The SMILES string of the molecule is CNC(Cc1cc(Br)cs1)C1CCCC1. The molecule has 3 heteroatoms. The molecular weight excluding hydrogens is 270 g/mol. The highest BCUT2D eigenvalue weighted by Gasteiger charge is 2.24. The van der Waals surface area contributed by atoms with Gasteiger partial charge in [-0.25, -0.2) is 0 Å². The van der Waals surface area contributed by atoms with Crippen molar-refractivity contribution >= 4 is 27.3 Å². The van der Waals surface area contributed by atoms with Crippen LogP contribution in [0.1, 0.15) is 30.6 Å². The van der Waals surface area contributed by atoms with Crippen LogP contribution in [-0.4, -0.2) is 13.1 Å². The first-order valence-corrected chi connectivity index (χ1v) is 7.37. The molecule has 2 rings (SSSR count). The quantitative estimate of drug-likeness (QED) is 0.888. The lowest BCUT2D eigenvalue weighted by atomic mass is 9.95. The molecule has 0 spiro atoms. The number of hydrogen-bond acceptors (Lipinski definition) is 2. The van der Waals surface area contributed by atoms with Gasteiger partial charge in [0.2, 0.25) is 0 Å². The highest BCUT2D eigenvalue weighted by molar-refractivity contribution is 9.10. The van der Waals surface area contributed by atoms with Crippen molar-refractivity contribution in [3.05, 3.63) is 20.8 Å². The van der Waals surface area contributed by atoms with E-state index in [9.17, 15) is 0 Å². The molecule has 1 N–H and O–H groups in total. The van der Waals surface area contributed by atoms with Crippen molar-refractivity contribution in [2.45, 2.75) is 38.1 Å². The Kier molecular flexibility index (Phi) is 4.23. The predicted octanol–water partition coefficient (Wildman–Crippen LogP) is 3.83. The fourth-order valence-corrected chi connectivity index (χ4v) is 4.05. The predicted molar refractivity (Wildman–Crippen MR) is 70.5 cm³/mol. The van der Waals surface area contributed by atoms with Gasteiger partial charge in [0.05, 0.1) is 0 Å². The normalized spacial score (nSPS) is 19.6. The third kappa shape index (κ3) is 3.05. The Hall–Kier alpha value is 0.140. The van der Waals surface area contributed by atoms with E-state index in [2.05, 4.69) is 39.7 Å². The molecule has 0 radical (unpaired) electrons. The lowest BCUT2D eigenvalue weighted by Crippen LogP contribution is -2.34. The summed E-state index contributed by atoms with van der Waals surface area (Å²) in [5.74, 6) is 0.899. The molecule has 1 unspecified atom stereocenters. The molecule has 84 valence electrons. The molecule has 1 aliphatic rings. The molecule has 0 saturated heterocycles. The molecule has 15 heavy (non-hydrogen) atoms. The van der Waals surface area contributed by atoms with Crippen LogP contribution >= 0.6 is 27.3 Å². The van der Waals surface area contributed by atoms with Gasteiger partial charge in [-0.15, -0.1) is 11.3 Å². The van der Waals surface area contributed by atoms with E-state index in [0.29, 0.717) is 6.04 Å². The maximum atomic E-state index is 3.52. The van der Waals surface area contributed by atoms with E-state index in [-0.39, 0.29) is 0 Å². The first-order valence-electron chi connectivity index (χ1n) is 5.70. The van der Waals surface area contributed by atoms with Crippen LogP contribution in [0.25, 0.3) is 0 Å². The number of halogens is 1. The van der Waals surface area contributed by atoms with Crippen LogP contribution in [0.4, 0.5) is 0 Å². The topological polar surface area (TPSA) is 12.0 Å². The van der Waals surface area contributed by atoms with E-state index in [4.69, 9.17) is 0 Å². The van der Waals surface area contributed by atoms with Crippen LogP contribution in [0.5, 0.6) is 0 Å². The van der Waals surface area contributed by atoms with Crippen molar-refractivity contribution in [1.82, 2.24) is 5.32 Å². The number of nitrogens with one attached hydrogen (secondary N) is 1. The first kappa shape index (κ1) is 11.6. The largest absolute Gasteiger partial charge is 0.316 e. The third-order valence-corrected chi connectivity index (χ3v) is 5.10. The van der Waals surface area contributed by atoms with Gasteiger partial charge in [0.25, 0.3) is 0 Å². The van der Waals surface area contributed by atoms with E-state index in [1.807, 2.05) is 11.3 Å². The van der Waals surface area contributed by atoms with Gasteiger partial charge < -0.3 is 5.32 Å². The van der Waals surface area contributed by atoms with Crippen LogP contribution in [-0.2, 0) is 6.42 Å². The van der Waals surface area contributed by atoms with Gasteiger partial charge >= 0.3 is 0 Å². The standard InChI is InChI=1S/C12H18BrNS/c1-14-12(9-4-2-3-5-9)7-11-6-10(13)8-15-11/h6,8-9,12,14H,2-5,7H2,1H3. The Morgan fingerprint density at radius 1 is 1.53 bits per heavy atom. The van der Waals surface area contributed by atoms with Gasteiger partial charge in [-0.1, -0.05) is 12.8 Å². The van der Waals surface area contributed by atoms with Crippen molar-refractivity contribution in [1.29, 1.82) is 0 Å². The summed E-state index contributed by atoms with van der Waals surface area (Å²) in [6.45, 7) is 0. The van der Waals surface area contributed by atoms with Gasteiger partial charge in [0, 0.05) is 20.8 Å². The molecule has 1 aliphatic carbocycles. The molecule has 1 fully saturated rings. The minimum atomic E-state index is 0.679. The fraction of sp³-hybridized carbons (Fsp3) is 0.667. The Labute approximate surface area is 104 Å². The summed E-state index contributed by atoms with van der Waals surface area (Å²) in [5, 5.41) is 5.67. The van der Waals surface area contributed by atoms with E-state index in [0.717, 1.165) is 5.92 Å². The summed E-state index contributed by atoms with van der Waals surface area (Å²) < 4.78 is 1.23. The Morgan fingerprint density at radius 2 is 2.27 bits per heavy atom. The molecule has 0 bridgehead atoms. The molecule has 0 aromatic carbocycles. The molecule has 1 saturated carbocycles. The van der Waals surface area contributed by atoms with E-state index < -0.39 is 0 Å². The number of thiophene rings is 1. The number of likely N-dealkylation sites (N-methyl/N-ethyl adjacent to an activating group) is 1. The van der Waals surface area contributed by atoms with E-state index >= 15 is 0 Å². The van der Waals surface area contributed by atoms with E-state index in [1.165, 1.54) is 41.5 Å². The molecule has 1 aromatic rings. The van der Waals surface area contributed by atoms with Crippen LogP contribution in [0.2, 0.25) is 0 Å². The Balaban J connectivity index is 1.95.